The number of nitrogens with zero attached hydrogens (tertiary/aromatic N) is 1. The number of aromatic hydroxyl groups is 1. The Kier molecular flexibility index (Phi) is 5.60. The summed E-state index contributed by atoms with van der Waals surface area (Å²) in [5.74, 6) is -6.22. The number of morpholine rings is 1. The average Bonchev–Trinajstić information content (AvgIpc) is 2.87. The maximum Gasteiger partial charge on any atom is 0.255 e. The average molecular weight is 521 g/mol. The van der Waals surface area contributed by atoms with Gasteiger partial charge in [0.1, 0.15) is 22.8 Å². The van der Waals surface area contributed by atoms with E-state index < -0.39 is 52.0 Å². The first kappa shape index (κ1) is 24.6. The molecular formula is C28H28N2O8. The second-order valence-electron chi connectivity index (χ2n) is 10.6. The lowest BCUT2D eigenvalue weighted by atomic mass is 9.59. The van der Waals surface area contributed by atoms with Crippen molar-refractivity contribution in [3.63, 3.8) is 0 Å². The van der Waals surface area contributed by atoms with Crippen LogP contribution in [0, 0.1) is 11.8 Å². The number of Topliss-reactive ketones (excluding diaryl/α,β-unsaturated/α-hetero) is 2. The normalized spacial score (nSPS) is 27.8. The molecule has 2 aromatic rings. The maximum atomic E-state index is 13.6. The van der Waals surface area contributed by atoms with Gasteiger partial charge in [0.05, 0.1) is 18.8 Å². The van der Waals surface area contributed by atoms with Crippen molar-refractivity contribution in [1.29, 1.82) is 0 Å². The highest BCUT2D eigenvalue weighted by atomic mass is 16.5. The van der Waals surface area contributed by atoms with Crippen LogP contribution in [0.15, 0.2) is 41.2 Å². The molecule has 10 heteroatoms. The molecule has 6 N–H and O–H groups in total. The number of nitrogens with two attached hydrogens (primary N) is 1. The van der Waals surface area contributed by atoms with Crippen LogP contribution < -0.4 is 5.73 Å². The third kappa shape index (κ3) is 3.48. The molecule has 0 bridgehead atoms. The minimum absolute atomic E-state index is 0.105. The van der Waals surface area contributed by atoms with Gasteiger partial charge in [-0.3, -0.25) is 19.3 Å². The molecule has 6 rings (SSSR count). The van der Waals surface area contributed by atoms with Crippen molar-refractivity contribution in [2.75, 3.05) is 26.3 Å². The molecule has 3 aliphatic carbocycles. The Hall–Kier alpha value is -3.73. The number of hydrogen-bond donors (Lipinski definition) is 5. The predicted octanol–water partition coefficient (Wildman–Crippen LogP) is 1.41. The molecule has 4 aliphatic rings. The number of primary amides is 1. The Bertz CT molecular complexity index is 1490. The molecule has 10 nitrogen and oxygen atoms in total. The van der Waals surface area contributed by atoms with Crippen LogP contribution in [-0.4, -0.2) is 74.7 Å². The fraction of sp³-hybridized carbons (Fsp3) is 0.393. The highest BCUT2D eigenvalue weighted by molar-refractivity contribution is 6.22. The summed E-state index contributed by atoms with van der Waals surface area (Å²) in [4.78, 5) is 40.2. The molecule has 1 aliphatic heterocycles. The second-order valence-corrected chi connectivity index (χ2v) is 10.6. The zero-order valence-electron chi connectivity index (χ0n) is 20.6. The van der Waals surface area contributed by atoms with E-state index in [-0.39, 0.29) is 36.1 Å². The van der Waals surface area contributed by atoms with E-state index in [0.29, 0.717) is 30.7 Å². The summed E-state index contributed by atoms with van der Waals surface area (Å²) in [6, 6.07) is 7.64. The van der Waals surface area contributed by atoms with Gasteiger partial charge in [-0.05, 0) is 41.3 Å². The van der Waals surface area contributed by atoms with E-state index >= 15 is 0 Å². The zero-order chi connectivity index (χ0) is 26.9. The fourth-order valence-corrected chi connectivity index (χ4v) is 6.55. The Morgan fingerprint density at radius 1 is 1.11 bits per heavy atom. The number of rotatable bonds is 3. The molecule has 0 radical (unpaired) electrons. The number of carbonyl (C=O) groups excluding carboxylic acids is 3. The lowest BCUT2D eigenvalue weighted by molar-refractivity contribution is -0.147. The van der Waals surface area contributed by atoms with Crippen LogP contribution >= 0.6 is 0 Å². The first-order valence-electron chi connectivity index (χ1n) is 12.7. The van der Waals surface area contributed by atoms with Gasteiger partial charge in [0.15, 0.2) is 11.4 Å². The maximum absolute atomic E-state index is 13.6. The number of phenols is 1. The number of carbonyl (C=O) groups is 3. The number of aliphatic hydroxyl groups is 3. The van der Waals surface area contributed by atoms with Gasteiger partial charge >= 0.3 is 0 Å². The number of amides is 1. The van der Waals surface area contributed by atoms with Crippen molar-refractivity contribution in [3.8, 4) is 5.75 Å². The minimum atomic E-state index is -2.56. The van der Waals surface area contributed by atoms with Crippen molar-refractivity contribution in [3.05, 3.63) is 57.9 Å². The van der Waals surface area contributed by atoms with E-state index in [1.165, 1.54) is 0 Å². The number of ketones is 2. The van der Waals surface area contributed by atoms with Crippen LogP contribution in [0.2, 0.25) is 0 Å². The van der Waals surface area contributed by atoms with Crippen LogP contribution in [0.3, 0.4) is 0 Å². The van der Waals surface area contributed by atoms with Gasteiger partial charge in [0.2, 0.25) is 5.78 Å². The van der Waals surface area contributed by atoms with Gasteiger partial charge < -0.3 is 30.9 Å². The molecule has 1 saturated heterocycles. The summed E-state index contributed by atoms with van der Waals surface area (Å²) in [6.45, 7) is 3.61. The van der Waals surface area contributed by atoms with Gasteiger partial charge in [0.25, 0.3) is 5.91 Å². The smallest absolute Gasteiger partial charge is 0.255 e. The molecule has 38 heavy (non-hydrogen) atoms. The Morgan fingerprint density at radius 2 is 1.84 bits per heavy atom. The lowest BCUT2D eigenvalue weighted by Crippen LogP contribution is -2.58. The van der Waals surface area contributed by atoms with Crippen LogP contribution in [0.5, 0.6) is 5.75 Å². The number of aliphatic hydroxyl groups excluding tert-OH is 2. The van der Waals surface area contributed by atoms with E-state index in [1.807, 2.05) is 24.3 Å². The van der Waals surface area contributed by atoms with E-state index in [2.05, 4.69) is 4.90 Å². The summed E-state index contributed by atoms with van der Waals surface area (Å²) in [7, 11) is 0. The highest BCUT2D eigenvalue weighted by Gasteiger charge is 2.60. The van der Waals surface area contributed by atoms with Crippen LogP contribution in [0.4, 0.5) is 0 Å². The topological polar surface area (TPSA) is 171 Å². The van der Waals surface area contributed by atoms with Gasteiger partial charge in [0, 0.05) is 42.9 Å². The molecule has 3 atom stereocenters. The van der Waals surface area contributed by atoms with Crippen molar-refractivity contribution in [2.45, 2.75) is 31.4 Å². The van der Waals surface area contributed by atoms with Crippen molar-refractivity contribution < 1.29 is 39.5 Å². The van der Waals surface area contributed by atoms with E-state index in [0.717, 1.165) is 24.0 Å². The molecule has 1 heterocycles. The summed E-state index contributed by atoms with van der Waals surface area (Å²) in [5.41, 5.74) is 3.46. The number of fused-ring (bicyclic) bond motifs is 4. The summed E-state index contributed by atoms with van der Waals surface area (Å²) >= 11 is 0. The first-order valence-corrected chi connectivity index (χ1v) is 12.7. The number of phenolic OH excluding ortho intramolecular Hbond substituents is 1. The SMILES string of the molecule is NC(=O)C1=C(O)[C@@]2(O)C(=O)C3=C(O)c4c(cc5ccc(CN6CCOCC6)cc5c4O)CC3C[C@H]2CC1=O. The van der Waals surface area contributed by atoms with Crippen molar-refractivity contribution in [1.82, 2.24) is 4.90 Å². The molecule has 198 valence electrons. The van der Waals surface area contributed by atoms with E-state index in [4.69, 9.17) is 10.5 Å². The Balaban J connectivity index is 1.45. The van der Waals surface area contributed by atoms with Crippen LogP contribution in [0.25, 0.3) is 16.5 Å². The van der Waals surface area contributed by atoms with Gasteiger partial charge in [-0.2, -0.15) is 0 Å². The minimum Gasteiger partial charge on any atom is -0.508 e. The van der Waals surface area contributed by atoms with Gasteiger partial charge in [-0.1, -0.05) is 18.2 Å². The van der Waals surface area contributed by atoms with Crippen LogP contribution in [0.1, 0.15) is 29.5 Å². The molecule has 1 saturated carbocycles. The Labute approximate surface area is 217 Å². The van der Waals surface area contributed by atoms with E-state index in [1.54, 1.807) is 0 Å². The molecule has 0 aromatic heterocycles. The molecule has 1 unspecified atom stereocenters. The van der Waals surface area contributed by atoms with Gasteiger partial charge in [-0.15, -0.1) is 0 Å². The zero-order valence-corrected chi connectivity index (χ0v) is 20.6. The second kappa shape index (κ2) is 8.65. The predicted molar refractivity (Wildman–Crippen MR) is 135 cm³/mol. The largest absolute Gasteiger partial charge is 0.508 e. The standard InChI is InChI=1S/C28H28N2O8/c29-27(36)22-19(31)11-17-10-16-9-15-8-14-2-1-13(12-30-3-5-38-6-4-30)7-18(14)23(32)20(15)24(33)21(16)25(34)28(17,37)26(22)35/h1-2,7-8,16-17,32-33,35,37H,3-6,9-12H2,(H2,29,36)/t16?,17-,28-/m0/s1. The summed E-state index contributed by atoms with van der Waals surface area (Å²) < 4.78 is 5.40. The summed E-state index contributed by atoms with van der Waals surface area (Å²) in [6.07, 6.45) is 0.0600. The molecule has 2 aromatic carbocycles. The number of benzene rings is 2. The molecule has 1 amide bonds. The third-order valence-electron chi connectivity index (χ3n) is 8.44. The van der Waals surface area contributed by atoms with Crippen LogP contribution in [-0.2, 0) is 32.1 Å². The molecule has 2 fully saturated rings. The first-order chi connectivity index (χ1) is 18.1. The number of ether oxygens (including phenoxy) is 1. The lowest BCUT2D eigenvalue weighted by Gasteiger charge is -2.46. The van der Waals surface area contributed by atoms with Gasteiger partial charge in [-0.25, -0.2) is 0 Å². The number of hydrogen-bond acceptors (Lipinski definition) is 9. The Morgan fingerprint density at radius 3 is 2.55 bits per heavy atom. The summed E-state index contributed by atoms with van der Waals surface area (Å²) in [5, 5.41) is 46.0. The third-order valence-corrected chi connectivity index (χ3v) is 8.44. The van der Waals surface area contributed by atoms with Crippen molar-refractivity contribution in [2.24, 2.45) is 17.6 Å². The highest BCUT2D eigenvalue weighted by Crippen LogP contribution is 2.52. The monoisotopic (exact) mass is 520 g/mol. The quantitative estimate of drug-likeness (QED) is 0.375. The molecular weight excluding hydrogens is 492 g/mol. The fourth-order valence-electron chi connectivity index (χ4n) is 6.55. The van der Waals surface area contributed by atoms with E-state index in [9.17, 15) is 34.8 Å². The molecule has 0 spiro atoms. The van der Waals surface area contributed by atoms with Crippen molar-refractivity contribution >= 4 is 34.0 Å².